The van der Waals surface area contributed by atoms with E-state index in [0.717, 1.165) is 12.8 Å². The van der Waals surface area contributed by atoms with Gasteiger partial charge < -0.3 is 9.30 Å². The Morgan fingerprint density at radius 3 is 2.86 bits per heavy atom. The van der Waals surface area contributed by atoms with Crippen LogP contribution in [-0.4, -0.2) is 22.1 Å². The first-order chi connectivity index (χ1) is 10.1. The Morgan fingerprint density at radius 1 is 1.38 bits per heavy atom. The van der Waals surface area contributed by atoms with Crippen molar-refractivity contribution in [3.63, 3.8) is 0 Å². The van der Waals surface area contributed by atoms with Gasteiger partial charge in [-0.3, -0.25) is 0 Å². The van der Waals surface area contributed by atoms with Crippen molar-refractivity contribution in [1.29, 1.82) is 0 Å². The number of aromatic nitrogens is 2. The zero-order valence-corrected chi connectivity index (χ0v) is 12.9. The number of imidazole rings is 1. The molecule has 1 aromatic carbocycles. The third-order valence-corrected chi connectivity index (χ3v) is 3.66. The molecular formula is C17H22N2O2. The summed E-state index contributed by atoms with van der Waals surface area (Å²) in [5.74, 6) is -0.304. The van der Waals surface area contributed by atoms with E-state index in [9.17, 15) is 4.79 Å². The molecule has 4 heteroatoms. The molecule has 0 spiro atoms. The van der Waals surface area contributed by atoms with E-state index in [2.05, 4.69) is 37.9 Å². The number of carbonyl (C=O) groups is 1. The lowest BCUT2D eigenvalue weighted by atomic mass is 10.0. The number of nitrogens with zero attached hydrogens (tertiary/aromatic N) is 2. The molecule has 0 bridgehead atoms. The zero-order chi connectivity index (χ0) is 15.2. The SMILES string of the molecule is CCCCOC(=O)c1cncn1[C@H](C)c1ccccc1C. The van der Waals surface area contributed by atoms with Crippen LogP contribution in [0.4, 0.5) is 0 Å². The summed E-state index contributed by atoms with van der Waals surface area (Å²) in [5, 5.41) is 0. The topological polar surface area (TPSA) is 44.1 Å². The lowest BCUT2D eigenvalue weighted by Crippen LogP contribution is -2.16. The summed E-state index contributed by atoms with van der Waals surface area (Å²) in [6.45, 7) is 6.66. The van der Waals surface area contributed by atoms with E-state index < -0.39 is 0 Å². The van der Waals surface area contributed by atoms with E-state index >= 15 is 0 Å². The molecule has 0 aliphatic rings. The molecule has 21 heavy (non-hydrogen) atoms. The Kier molecular flexibility index (Phi) is 5.14. The van der Waals surface area contributed by atoms with E-state index in [0.29, 0.717) is 12.3 Å². The number of benzene rings is 1. The maximum absolute atomic E-state index is 12.1. The number of hydrogen-bond donors (Lipinski definition) is 0. The second-order valence-corrected chi connectivity index (χ2v) is 5.21. The average Bonchev–Trinajstić information content (AvgIpc) is 2.96. The van der Waals surface area contributed by atoms with Crippen LogP contribution in [0.5, 0.6) is 0 Å². The third-order valence-electron chi connectivity index (χ3n) is 3.66. The number of unbranched alkanes of at least 4 members (excludes halogenated alkanes) is 1. The van der Waals surface area contributed by atoms with E-state index in [4.69, 9.17) is 4.74 Å². The monoisotopic (exact) mass is 286 g/mol. The summed E-state index contributed by atoms with van der Waals surface area (Å²) in [5.41, 5.74) is 2.88. The van der Waals surface area contributed by atoms with Crippen LogP contribution in [0.1, 0.15) is 54.3 Å². The Bertz CT molecular complexity index is 604. The molecule has 1 aromatic heterocycles. The maximum Gasteiger partial charge on any atom is 0.356 e. The van der Waals surface area contributed by atoms with Crippen LogP contribution >= 0.6 is 0 Å². The van der Waals surface area contributed by atoms with Gasteiger partial charge in [0.05, 0.1) is 25.2 Å². The van der Waals surface area contributed by atoms with E-state index in [1.807, 2.05) is 16.7 Å². The predicted octanol–water partition coefficient (Wildman–Crippen LogP) is 3.76. The van der Waals surface area contributed by atoms with Crippen LogP contribution in [0, 0.1) is 6.92 Å². The summed E-state index contributed by atoms with van der Waals surface area (Å²) in [6.07, 6.45) is 5.15. The summed E-state index contributed by atoms with van der Waals surface area (Å²) in [6, 6.07) is 8.21. The molecule has 0 N–H and O–H groups in total. The van der Waals surface area contributed by atoms with Gasteiger partial charge in [0.25, 0.3) is 0 Å². The minimum absolute atomic E-state index is 0.0439. The van der Waals surface area contributed by atoms with Crippen molar-refractivity contribution in [2.24, 2.45) is 0 Å². The number of rotatable bonds is 6. The highest BCUT2D eigenvalue weighted by Crippen LogP contribution is 2.23. The summed E-state index contributed by atoms with van der Waals surface area (Å²) in [7, 11) is 0. The third kappa shape index (κ3) is 3.51. The lowest BCUT2D eigenvalue weighted by Gasteiger charge is -2.18. The Morgan fingerprint density at radius 2 is 2.14 bits per heavy atom. The van der Waals surface area contributed by atoms with Crippen molar-refractivity contribution in [3.05, 3.63) is 53.6 Å². The maximum atomic E-state index is 12.1. The van der Waals surface area contributed by atoms with Gasteiger partial charge in [-0.1, -0.05) is 37.6 Å². The summed E-state index contributed by atoms with van der Waals surface area (Å²) in [4.78, 5) is 16.2. The fourth-order valence-electron chi connectivity index (χ4n) is 2.36. The normalized spacial score (nSPS) is 12.1. The molecule has 4 nitrogen and oxygen atoms in total. The van der Waals surface area contributed by atoms with Crippen molar-refractivity contribution in [1.82, 2.24) is 9.55 Å². The van der Waals surface area contributed by atoms with Gasteiger partial charge in [-0.2, -0.15) is 0 Å². The minimum Gasteiger partial charge on any atom is -0.461 e. The van der Waals surface area contributed by atoms with Crippen LogP contribution in [0.25, 0.3) is 0 Å². The Balaban J connectivity index is 2.20. The van der Waals surface area contributed by atoms with Crippen molar-refractivity contribution in [2.45, 2.75) is 39.7 Å². The number of aryl methyl sites for hydroxylation is 1. The van der Waals surface area contributed by atoms with Gasteiger partial charge in [-0.15, -0.1) is 0 Å². The molecule has 1 atom stereocenters. The molecule has 0 aliphatic carbocycles. The van der Waals surface area contributed by atoms with Gasteiger partial charge in [-0.25, -0.2) is 9.78 Å². The smallest absolute Gasteiger partial charge is 0.356 e. The first-order valence-electron chi connectivity index (χ1n) is 7.39. The van der Waals surface area contributed by atoms with E-state index in [1.54, 1.807) is 12.5 Å². The molecular weight excluding hydrogens is 264 g/mol. The van der Waals surface area contributed by atoms with Crippen LogP contribution < -0.4 is 0 Å². The van der Waals surface area contributed by atoms with Crippen LogP contribution in [0.2, 0.25) is 0 Å². The largest absolute Gasteiger partial charge is 0.461 e. The molecule has 0 radical (unpaired) electrons. The highest BCUT2D eigenvalue weighted by molar-refractivity contribution is 5.87. The number of hydrogen-bond acceptors (Lipinski definition) is 3. The minimum atomic E-state index is -0.304. The lowest BCUT2D eigenvalue weighted by molar-refractivity contribution is 0.0486. The summed E-state index contributed by atoms with van der Waals surface area (Å²) < 4.78 is 7.16. The molecule has 2 aromatic rings. The first-order valence-corrected chi connectivity index (χ1v) is 7.39. The number of ether oxygens (including phenoxy) is 1. The molecule has 0 unspecified atom stereocenters. The predicted molar refractivity (Wildman–Crippen MR) is 82.4 cm³/mol. The molecule has 0 amide bonds. The van der Waals surface area contributed by atoms with Crippen molar-refractivity contribution >= 4 is 5.97 Å². The van der Waals surface area contributed by atoms with Gasteiger partial charge in [0, 0.05) is 0 Å². The Labute approximate surface area is 125 Å². The van der Waals surface area contributed by atoms with Crippen LogP contribution in [-0.2, 0) is 4.74 Å². The van der Waals surface area contributed by atoms with Gasteiger partial charge >= 0.3 is 5.97 Å². The number of esters is 1. The average molecular weight is 286 g/mol. The standard InChI is InChI=1S/C17H22N2O2/c1-4-5-10-21-17(20)16-11-18-12-19(16)14(3)15-9-7-6-8-13(15)2/h6-9,11-12,14H,4-5,10H2,1-3H3/t14-/m1/s1. The molecule has 0 saturated carbocycles. The van der Waals surface area contributed by atoms with Crippen molar-refractivity contribution in [2.75, 3.05) is 6.61 Å². The second kappa shape index (κ2) is 7.07. The summed E-state index contributed by atoms with van der Waals surface area (Å²) >= 11 is 0. The fourth-order valence-corrected chi connectivity index (χ4v) is 2.36. The van der Waals surface area contributed by atoms with Crippen LogP contribution in [0.3, 0.4) is 0 Å². The van der Waals surface area contributed by atoms with Crippen molar-refractivity contribution < 1.29 is 9.53 Å². The van der Waals surface area contributed by atoms with Gasteiger partial charge in [-0.05, 0) is 31.4 Å². The highest BCUT2D eigenvalue weighted by atomic mass is 16.5. The van der Waals surface area contributed by atoms with E-state index in [1.165, 1.54) is 11.1 Å². The molecule has 0 aliphatic heterocycles. The van der Waals surface area contributed by atoms with Crippen LogP contribution in [0.15, 0.2) is 36.8 Å². The van der Waals surface area contributed by atoms with E-state index in [-0.39, 0.29) is 12.0 Å². The van der Waals surface area contributed by atoms with Crippen molar-refractivity contribution in [3.8, 4) is 0 Å². The fraction of sp³-hybridized carbons (Fsp3) is 0.412. The molecule has 112 valence electrons. The first kappa shape index (κ1) is 15.3. The Hall–Kier alpha value is -2.10. The van der Waals surface area contributed by atoms with Gasteiger partial charge in [0.1, 0.15) is 5.69 Å². The quantitative estimate of drug-likeness (QED) is 0.600. The number of carbonyl (C=O) groups excluding carboxylic acids is 1. The second-order valence-electron chi connectivity index (χ2n) is 5.21. The van der Waals surface area contributed by atoms with Gasteiger partial charge in [0.2, 0.25) is 0 Å². The molecule has 0 saturated heterocycles. The highest BCUT2D eigenvalue weighted by Gasteiger charge is 2.18. The zero-order valence-electron chi connectivity index (χ0n) is 12.9. The molecule has 0 fully saturated rings. The molecule has 1 heterocycles. The van der Waals surface area contributed by atoms with Gasteiger partial charge in [0.15, 0.2) is 0 Å². The molecule has 2 rings (SSSR count).